The van der Waals surface area contributed by atoms with Crippen molar-refractivity contribution in [1.29, 1.82) is 0 Å². The maximum absolute atomic E-state index is 12.8. The third-order valence-corrected chi connectivity index (χ3v) is 4.89. The third-order valence-electron chi connectivity index (χ3n) is 4.52. The van der Waals surface area contributed by atoms with Gasteiger partial charge in [0.2, 0.25) is 17.7 Å². The van der Waals surface area contributed by atoms with Crippen LogP contribution in [0.3, 0.4) is 0 Å². The van der Waals surface area contributed by atoms with Crippen molar-refractivity contribution in [2.45, 2.75) is 37.4 Å². The van der Waals surface area contributed by atoms with Gasteiger partial charge >= 0.3 is 5.97 Å². The molecule has 9 nitrogen and oxygen atoms in total. The molecule has 29 heavy (non-hydrogen) atoms. The van der Waals surface area contributed by atoms with E-state index in [9.17, 15) is 19.2 Å². The van der Waals surface area contributed by atoms with Crippen LogP contribution in [-0.4, -0.2) is 65.8 Å². The Bertz CT molecular complexity index is 725. The van der Waals surface area contributed by atoms with Crippen molar-refractivity contribution >= 4 is 36.3 Å². The fourth-order valence-corrected chi connectivity index (χ4v) is 3.25. The number of hydrogen-bond donors (Lipinski definition) is 6. The molecule has 1 aliphatic heterocycles. The molecule has 1 heterocycles. The smallest absolute Gasteiger partial charge is 0.322 e. The predicted octanol–water partition coefficient (Wildman–Crippen LogP) is -0.919. The summed E-state index contributed by atoms with van der Waals surface area (Å²) in [4.78, 5) is 48.0. The molecule has 158 valence electrons. The number of rotatable bonds is 10. The third kappa shape index (κ3) is 7.39. The SMILES string of the molecule is O=C(O)CNC(=O)C(CS)NC(=O)C(Cc1ccccc1)NC(=O)C1CCCN1. The molecule has 1 aromatic carbocycles. The number of aliphatic carboxylic acids is 1. The number of carbonyl (C=O) groups excluding carboxylic acids is 3. The van der Waals surface area contributed by atoms with Gasteiger partial charge in [-0.25, -0.2) is 0 Å². The molecular formula is C19H26N4O5S. The van der Waals surface area contributed by atoms with E-state index in [4.69, 9.17) is 5.11 Å². The largest absolute Gasteiger partial charge is 0.480 e. The Hall–Kier alpha value is -2.59. The second kappa shape index (κ2) is 11.4. The second-order valence-electron chi connectivity index (χ2n) is 6.76. The van der Waals surface area contributed by atoms with Crippen molar-refractivity contribution < 1.29 is 24.3 Å². The van der Waals surface area contributed by atoms with Gasteiger partial charge in [0.1, 0.15) is 18.6 Å². The zero-order valence-electron chi connectivity index (χ0n) is 15.9. The molecule has 0 bridgehead atoms. The summed E-state index contributed by atoms with van der Waals surface area (Å²) in [5, 5.41) is 19.3. The van der Waals surface area contributed by atoms with E-state index in [2.05, 4.69) is 33.9 Å². The predicted molar refractivity (Wildman–Crippen MR) is 110 cm³/mol. The van der Waals surface area contributed by atoms with Crippen LogP contribution < -0.4 is 21.3 Å². The second-order valence-corrected chi connectivity index (χ2v) is 7.12. The van der Waals surface area contributed by atoms with Gasteiger partial charge in [0.25, 0.3) is 0 Å². The monoisotopic (exact) mass is 422 g/mol. The maximum Gasteiger partial charge on any atom is 0.322 e. The number of nitrogens with one attached hydrogen (secondary N) is 4. The molecule has 2 rings (SSSR count). The first kappa shape index (κ1) is 22.7. The van der Waals surface area contributed by atoms with Crippen molar-refractivity contribution in [2.75, 3.05) is 18.8 Å². The Kier molecular flexibility index (Phi) is 8.94. The number of carboxylic acid groups (broad SMARTS) is 1. The molecule has 0 saturated carbocycles. The lowest BCUT2D eigenvalue weighted by atomic mass is 10.0. The van der Waals surface area contributed by atoms with Gasteiger partial charge in [0, 0.05) is 12.2 Å². The normalized spacial score (nSPS) is 17.8. The van der Waals surface area contributed by atoms with Crippen LogP contribution in [0.15, 0.2) is 30.3 Å². The fourth-order valence-electron chi connectivity index (χ4n) is 2.99. The Balaban J connectivity index is 2.06. The molecule has 1 aromatic rings. The first-order chi connectivity index (χ1) is 13.9. The van der Waals surface area contributed by atoms with Crippen LogP contribution in [0.1, 0.15) is 18.4 Å². The summed E-state index contributed by atoms with van der Waals surface area (Å²) in [5.41, 5.74) is 0.852. The Labute approximate surface area is 174 Å². The highest BCUT2D eigenvalue weighted by molar-refractivity contribution is 7.80. The lowest BCUT2D eigenvalue weighted by molar-refractivity contribution is -0.138. The van der Waals surface area contributed by atoms with Gasteiger partial charge in [0.05, 0.1) is 6.04 Å². The van der Waals surface area contributed by atoms with Crippen LogP contribution >= 0.6 is 12.6 Å². The van der Waals surface area contributed by atoms with Crippen LogP contribution in [0, 0.1) is 0 Å². The van der Waals surface area contributed by atoms with Gasteiger partial charge < -0.3 is 26.4 Å². The van der Waals surface area contributed by atoms with E-state index in [0.717, 1.165) is 18.5 Å². The average molecular weight is 423 g/mol. The summed E-state index contributed by atoms with van der Waals surface area (Å²) in [5.74, 6) is -2.67. The molecule has 10 heteroatoms. The highest BCUT2D eigenvalue weighted by Gasteiger charge is 2.29. The van der Waals surface area contributed by atoms with Gasteiger partial charge in [-0.3, -0.25) is 19.2 Å². The van der Waals surface area contributed by atoms with Crippen molar-refractivity contribution in [3.63, 3.8) is 0 Å². The fraction of sp³-hybridized carbons (Fsp3) is 0.474. The molecular weight excluding hydrogens is 396 g/mol. The van der Waals surface area contributed by atoms with E-state index >= 15 is 0 Å². The number of carbonyl (C=O) groups is 4. The summed E-state index contributed by atoms with van der Waals surface area (Å²) in [7, 11) is 0. The molecule has 3 unspecified atom stereocenters. The van der Waals surface area contributed by atoms with Gasteiger partial charge in [-0.15, -0.1) is 0 Å². The minimum absolute atomic E-state index is 0.0205. The number of hydrogen-bond acceptors (Lipinski definition) is 6. The van der Waals surface area contributed by atoms with E-state index in [1.807, 2.05) is 30.3 Å². The molecule has 0 radical (unpaired) electrons. The van der Waals surface area contributed by atoms with Crippen LogP contribution in [0.2, 0.25) is 0 Å². The van der Waals surface area contributed by atoms with E-state index in [-0.39, 0.29) is 24.1 Å². The highest BCUT2D eigenvalue weighted by atomic mass is 32.1. The Morgan fingerprint density at radius 2 is 1.83 bits per heavy atom. The zero-order valence-corrected chi connectivity index (χ0v) is 16.8. The number of amides is 3. The molecule has 1 aliphatic rings. The summed E-state index contributed by atoms with van der Waals surface area (Å²) in [6.45, 7) is 0.190. The van der Waals surface area contributed by atoms with E-state index in [1.54, 1.807) is 0 Å². The minimum atomic E-state index is -1.19. The minimum Gasteiger partial charge on any atom is -0.480 e. The zero-order chi connectivity index (χ0) is 21.2. The molecule has 1 saturated heterocycles. The van der Waals surface area contributed by atoms with Crippen LogP contribution in [0.4, 0.5) is 0 Å². The van der Waals surface area contributed by atoms with Gasteiger partial charge in [-0.1, -0.05) is 30.3 Å². The van der Waals surface area contributed by atoms with E-state index in [0.29, 0.717) is 6.42 Å². The van der Waals surface area contributed by atoms with Crippen molar-refractivity contribution in [1.82, 2.24) is 21.3 Å². The summed E-state index contributed by atoms with van der Waals surface area (Å²) in [6, 6.07) is 6.95. The van der Waals surface area contributed by atoms with Crippen LogP contribution in [0.5, 0.6) is 0 Å². The highest BCUT2D eigenvalue weighted by Crippen LogP contribution is 2.08. The Morgan fingerprint density at radius 1 is 1.10 bits per heavy atom. The van der Waals surface area contributed by atoms with Gasteiger partial charge in [-0.2, -0.15) is 12.6 Å². The topological polar surface area (TPSA) is 137 Å². The molecule has 1 fully saturated rings. The van der Waals surface area contributed by atoms with Crippen LogP contribution in [-0.2, 0) is 25.6 Å². The lowest BCUT2D eigenvalue weighted by Crippen LogP contribution is -2.57. The molecule has 0 aliphatic carbocycles. The molecule has 0 spiro atoms. The van der Waals surface area contributed by atoms with Crippen molar-refractivity contribution in [2.24, 2.45) is 0 Å². The number of benzene rings is 1. The maximum atomic E-state index is 12.8. The standard InChI is InChI=1S/C19H26N4O5S/c24-16(25)10-21-17(26)15(11-29)23-19(28)14(9-12-5-2-1-3-6-12)22-18(27)13-7-4-8-20-13/h1-3,5-6,13-15,20,29H,4,7-11H2,(H,21,26)(H,22,27)(H,23,28)(H,24,25). The summed E-state index contributed by atoms with van der Waals surface area (Å²) >= 11 is 4.06. The van der Waals surface area contributed by atoms with Gasteiger partial charge in [0.15, 0.2) is 0 Å². The number of carboxylic acids is 1. The average Bonchev–Trinajstić information content (AvgIpc) is 3.25. The van der Waals surface area contributed by atoms with E-state index in [1.165, 1.54) is 0 Å². The van der Waals surface area contributed by atoms with Crippen LogP contribution in [0.25, 0.3) is 0 Å². The Morgan fingerprint density at radius 3 is 2.41 bits per heavy atom. The molecule has 3 atom stereocenters. The summed E-state index contributed by atoms with van der Waals surface area (Å²) in [6.07, 6.45) is 1.84. The number of thiol groups is 1. The lowest BCUT2D eigenvalue weighted by Gasteiger charge is -2.23. The van der Waals surface area contributed by atoms with E-state index < -0.39 is 36.4 Å². The van der Waals surface area contributed by atoms with Crippen molar-refractivity contribution in [3.05, 3.63) is 35.9 Å². The molecule has 3 amide bonds. The first-order valence-electron chi connectivity index (χ1n) is 9.39. The van der Waals surface area contributed by atoms with Crippen molar-refractivity contribution in [3.8, 4) is 0 Å². The molecule has 5 N–H and O–H groups in total. The van der Waals surface area contributed by atoms with Gasteiger partial charge in [-0.05, 0) is 24.9 Å². The first-order valence-corrected chi connectivity index (χ1v) is 10.0. The summed E-state index contributed by atoms with van der Waals surface area (Å²) < 4.78 is 0. The molecule has 0 aromatic heterocycles. The quantitative estimate of drug-likeness (QED) is 0.270.